The number of fused-ring (bicyclic) bond motifs is 1. The smallest absolute Gasteiger partial charge is 0.190 e. The molecule has 0 saturated heterocycles. The van der Waals surface area contributed by atoms with Crippen molar-refractivity contribution in [3.05, 3.63) is 65.9 Å². The molecule has 98 valence electrons. The van der Waals surface area contributed by atoms with E-state index in [2.05, 4.69) is 36.9 Å². The molecule has 0 amide bonds. The maximum atomic E-state index is 6.22. The topological polar surface area (TPSA) is 9.23 Å². The lowest BCUT2D eigenvalue weighted by Gasteiger charge is -2.10. The van der Waals surface area contributed by atoms with Crippen LogP contribution in [0.15, 0.2) is 60.3 Å². The van der Waals surface area contributed by atoms with Crippen molar-refractivity contribution in [3.8, 4) is 0 Å². The number of hydrogen-bond donors (Lipinski definition) is 0. The van der Waals surface area contributed by atoms with E-state index in [1.165, 1.54) is 10.8 Å². The van der Waals surface area contributed by atoms with E-state index in [4.69, 9.17) is 16.3 Å². The lowest BCUT2D eigenvalue weighted by Crippen LogP contribution is -1.92. The fraction of sp³-hybridized carbons (Fsp3) is 0.176. The van der Waals surface area contributed by atoms with Crippen LogP contribution >= 0.6 is 11.6 Å². The molecule has 19 heavy (non-hydrogen) atoms. The molecule has 0 aliphatic heterocycles. The third-order valence-electron chi connectivity index (χ3n) is 2.95. The van der Waals surface area contributed by atoms with Crippen molar-refractivity contribution in [3.63, 3.8) is 0 Å². The van der Waals surface area contributed by atoms with Crippen molar-refractivity contribution in [1.82, 2.24) is 0 Å². The molecular formula is C17H17ClO. The predicted octanol–water partition coefficient (Wildman–Crippen LogP) is 5.36. The lowest BCUT2D eigenvalue weighted by atomic mass is 10.00. The fourth-order valence-corrected chi connectivity index (χ4v) is 2.34. The summed E-state index contributed by atoms with van der Waals surface area (Å²) in [4.78, 5) is 0. The van der Waals surface area contributed by atoms with Gasteiger partial charge in [-0.25, -0.2) is 0 Å². The molecule has 0 atom stereocenters. The van der Waals surface area contributed by atoms with Crippen LogP contribution in [0.5, 0.6) is 0 Å². The number of ether oxygens (including phenoxy) is 1. The van der Waals surface area contributed by atoms with Gasteiger partial charge in [-0.3, -0.25) is 0 Å². The highest BCUT2D eigenvalue weighted by Crippen LogP contribution is 2.28. The first-order chi connectivity index (χ1) is 9.26. The third kappa shape index (κ3) is 3.18. The van der Waals surface area contributed by atoms with Crippen molar-refractivity contribution in [2.75, 3.05) is 6.61 Å². The van der Waals surface area contributed by atoms with Gasteiger partial charge in [0, 0.05) is 5.57 Å². The monoisotopic (exact) mass is 272 g/mol. The lowest BCUT2D eigenvalue weighted by molar-refractivity contribution is 0.256. The Hall–Kier alpha value is -1.73. The van der Waals surface area contributed by atoms with E-state index >= 15 is 0 Å². The molecule has 0 bridgehead atoms. The summed E-state index contributed by atoms with van der Waals surface area (Å²) < 4.78 is 5.42. The molecule has 0 N–H and O–H groups in total. The predicted molar refractivity (Wildman–Crippen MR) is 83.2 cm³/mol. The van der Waals surface area contributed by atoms with Gasteiger partial charge >= 0.3 is 0 Å². The van der Waals surface area contributed by atoms with Gasteiger partial charge in [0.25, 0.3) is 0 Å². The number of benzene rings is 2. The van der Waals surface area contributed by atoms with Gasteiger partial charge in [-0.2, -0.15) is 0 Å². The van der Waals surface area contributed by atoms with Crippen LogP contribution in [0, 0.1) is 0 Å². The zero-order valence-electron chi connectivity index (χ0n) is 11.0. The zero-order valence-corrected chi connectivity index (χ0v) is 11.8. The normalized spacial score (nSPS) is 12.1. The highest BCUT2D eigenvalue weighted by molar-refractivity contribution is 6.31. The Morgan fingerprint density at radius 3 is 2.63 bits per heavy atom. The molecule has 0 unspecified atom stereocenters. The summed E-state index contributed by atoms with van der Waals surface area (Å²) in [6.07, 6.45) is 2.53. The van der Waals surface area contributed by atoms with Crippen molar-refractivity contribution >= 4 is 27.9 Å². The highest BCUT2D eigenvalue weighted by Gasteiger charge is 2.08. The first-order valence-corrected chi connectivity index (χ1v) is 6.75. The number of rotatable bonds is 5. The summed E-state index contributed by atoms with van der Waals surface area (Å²) in [5.74, 6) is 0. The molecule has 0 saturated carbocycles. The molecular weight excluding hydrogens is 256 g/mol. The SMILES string of the molecule is C=CC/C(=C(\Cl)OCC)c1ccc2ccccc2c1. The molecule has 0 fully saturated rings. The van der Waals surface area contributed by atoms with E-state index in [0.717, 1.165) is 11.1 Å². The van der Waals surface area contributed by atoms with E-state index in [1.54, 1.807) is 0 Å². The van der Waals surface area contributed by atoms with Crippen LogP contribution in [-0.2, 0) is 4.74 Å². The van der Waals surface area contributed by atoms with E-state index in [1.807, 2.05) is 25.1 Å². The van der Waals surface area contributed by atoms with Crippen LogP contribution in [-0.4, -0.2) is 6.61 Å². The molecule has 2 aromatic carbocycles. The van der Waals surface area contributed by atoms with Gasteiger partial charge in [0.05, 0.1) is 6.61 Å². The highest BCUT2D eigenvalue weighted by atomic mass is 35.5. The molecule has 0 heterocycles. The molecule has 0 radical (unpaired) electrons. The minimum Gasteiger partial charge on any atom is -0.483 e. The molecule has 2 rings (SSSR count). The van der Waals surface area contributed by atoms with Crippen LogP contribution in [0.1, 0.15) is 18.9 Å². The Balaban J connectivity index is 2.50. The van der Waals surface area contributed by atoms with Crippen LogP contribution in [0.3, 0.4) is 0 Å². The second kappa shape index (κ2) is 6.44. The van der Waals surface area contributed by atoms with Crippen molar-refractivity contribution in [2.45, 2.75) is 13.3 Å². The van der Waals surface area contributed by atoms with E-state index < -0.39 is 0 Å². The minimum absolute atomic E-state index is 0.456. The van der Waals surface area contributed by atoms with Crippen molar-refractivity contribution in [2.24, 2.45) is 0 Å². The van der Waals surface area contributed by atoms with Gasteiger partial charge in [-0.05, 0) is 47.3 Å². The van der Waals surface area contributed by atoms with Gasteiger partial charge < -0.3 is 4.74 Å². The Labute approximate surface area is 119 Å². The van der Waals surface area contributed by atoms with Crippen LogP contribution in [0.2, 0.25) is 0 Å². The average molecular weight is 273 g/mol. The van der Waals surface area contributed by atoms with Crippen LogP contribution in [0.4, 0.5) is 0 Å². The zero-order chi connectivity index (χ0) is 13.7. The summed E-state index contributed by atoms with van der Waals surface area (Å²) in [7, 11) is 0. The van der Waals surface area contributed by atoms with Gasteiger partial charge in [0.2, 0.25) is 0 Å². The largest absolute Gasteiger partial charge is 0.483 e. The van der Waals surface area contributed by atoms with Crippen LogP contribution < -0.4 is 0 Å². The fourth-order valence-electron chi connectivity index (χ4n) is 2.05. The van der Waals surface area contributed by atoms with Crippen molar-refractivity contribution in [1.29, 1.82) is 0 Å². The van der Waals surface area contributed by atoms with Crippen LogP contribution in [0.25, 0.3) is 16.3 Å². The number of allylic oxidation sites excluding steroid dienone is 2. The quantitative estimate of drug-likeness (QED) is 0.526. The molecule has 1 nitrogen and oxygen atoms in total. The standard InChI is InChI=1S/C17H17ClO/c1-3-7-16(17(18)19-4-2)15-11-10-13-8-5-6-9-14(13)12-15/h3,5-6,8-12H,1,4,7H2,2H3/b17-16-. The summed E-state index contributed by atoms with van der Waals surface area (Å²) in [6, 6.07) is 14.6. The van der Waals surface area contributed by atoms with Crippen molar-refractivity contribution < 1.29 is 4.74 Å². The molecule has 2 heteroatoms. The Morgan fingerprint density at radius 2 is 1.95 bits per heavy atom. The summed E-state index contributed by atoms with van der Waals surface area (Å²) in [5.41, 5.74) is 2.06. The number of halogens is 1. The first-order valence-electron chi connectivity index (χ1n) is 6.37. The maximum Gasteiger partial charge on any atom is 0.190 e. The molecule has 0 spiro atoms. The number of hydrogen-bond acceptors (Lipinski definition) is 1. The second-order valence-electron chi connectivity index (χ2n) is 4.24. The van der Waals surface area contributed by atoms with E-state index in [0.29, 0.717) is 18.2 Å². The van der Waals surface area contributed by atoms with Gasteiger partial charge in [-0.15, -0.1) is 6.58 Å². The van der Waals surface area contributed by atoms with Gasteiger partial charge in [-0.1, -0.05) is 42.5 Å². The summed E-state index contributed by atoms with van der Waals surface area (Å²) in [5, 5.41) is 2.87. The Morgan fingerprint density at radius 1 is 1.21 bits per heavy atom. The molecule has 0 aliphatic carbocycles. The van der Waals surface area contributed by atoms with E-state index in [-0.39, 0.29) is 0 Å². The Kier molecular flexibility index (Phi) is 4.64. The van der Waals surface area contributed by atoms with Gasteiger partial charge in [0.1, 0.15) is 0 Å². The minimum atomic E-state index is 0.456. The second-order valence-corrected chi connectivity index (χ2v) is 4.58. The summed E-state index contributed by atoms with van der Waals surface area (Å²) in [6.45, 7) is 6.27. The first kappa shape index (κ1) is 13.7. The Bertz CT molecular complexity index is 613. The van der Waals surface area contributed by atoms with E-state index in [9.17, 15) is 0 Å². The maximum absolute atomic E-state index is 6.22. The molecule has 2 aromatic rings. The molecule has 0 aromatic heterocycles. The summed E-state index contributed by atoms with van der Waals surface area (Å²) >= 11 is 6.22. The average Bonchev–Trinajstić information content (AvgIpc) is 2.44. The van der Waals surface area contributed by atoms with Gasteiger partial charge in [0.15, 0.2) is 5.22 Å². The third-order valence-corrected chi connectivity index (χ3v) is 3.29. The molecule has 0 aliphatic rings.